The summed E-state index contributed by atoms with van der Waals surface area (Å²) in [6.45, 7) is 0. The van der Waals surface area contributed by atoms with Gasteiger partial charge in [0.2, 0.25) is 5.95 Å². The number of hydrogen-bond acceptors (Lipinski definition) is 3. The maximum Gasteiger partial charge on any atom is 0.234 e. The highest BCUT2D eigenvalue weighted by Gasteiger charge is 2.37. The van der Waals surface area contributed by atoms with Crippen molar-refractivity contribution in [3.05, 3.63) is 236 Å². The van der Waals surface area contributed by atoms with Crippen molar-refractivity contribution >= 4 is 33.2 Å². The van der Waals surface area contributed by atoms with Gasteiger partial charge in [0.1, 0.15) is 0 Å². The molecule has 12 rings (SSSR count). The Balaban J connectivity index is 0.826. The molecule has 2 aromatic heterocycles. The van der Waals surface area contributed by atoms with Gasteiger partial charge in [-0.05, 0) is 98.1 Å². The van der Waals surface area contributed by atoms with Crippen molar-refractivity contribution in [1.82, 2.24) is 14.5 Å². The normalized spacial score (nSPS) is 15.3. The summed E-state index contributed by atoms with van der Waals surface area (Å²) in [6, 6.07) is 70.1. The summed E-state index contributed by atoms with van der Waals surface area (Å²) in [4.78, 5) is 12.4. The van der Waals surface area contributed by atoms with Gasteiger partial charge in [0, 0.05) is 46.0 Å². The van der Waals surface area contributed by atoms with Crippen molar-refractivity contribution in [1.29, 1.82) is 0 Å². The number of fused-ring (bicyclic) bond motifs is 6. The molecule has 0 spiro atoms. The highest BCUT2D eigenvalue weighted by molar-refractivity contribution is 6.10. The third-order valence-electron chi connectivity index (χ3n) is 12.7. The van der Waals surface area contributed by atoms with E-state index in [0.29, 0.717) is 11.9 Å². The fourth-order valence-corrected chi connectivity index (χ4v) is 9.67. The Hall–Kier alpha value is -8.08. The van der Waals surface area contributed by atoms with Gasteiger partial charge in [0.15, 0.2) is 0 Å². The molecule has 0 saturated heterocycles. The smallest absolute Gasteiger partial charge is 0.234 e. The van der Waals surface area contributed by atoms with E-state index in [0.717, 1.165) is 22.2 Å². The van der Waals surface area contributed by atoms with E-state index in [1.807, 2.05) is 12.4 Å². The van der Waals surface area contributed by atoms with Crippen LogP contribution in [0.15, 0.2) is 231 Å². The minimum Gasteiger partial charge on any atom is -0.333 e. The number of benzene rings is 8. The molecule has 8 aromatic carbocycles. The highest BCUT2D eigenvalue weighted by Crippen LogP contribution is 2.49. The minimum absolute atomic E-state index is 0.261. The zero-order valence-corrected chi connectivity index (χ0v) is 33.9. The maximum absolute atomic E-state index is 4.97. The second-order valence-corrected chi connectivity index (χ2v) is 16.2. The first-order valence-electron chi connectivity index (χ1n) is 21.3. The van der Waals surface area contributed by atoms with Gasteiger partial charge in [0.25, 0.3) is 0 Å². The van der Waals surface area contributed by atoms with Crippen molar-refractivity contribution in [3.8, 4) is 61.6 Å². The predicted molar refractivity (Wildman–Crippen MR) is 257 cm³/mol. The first-order valence-corrected chi connectivity index (χ1v) is 21.3. The summed E-state index contributed by atoms with van der Waals surface area (Å²) in [5.41, 5.74) is 17.7. The molecule has 292 valence electrons. The molecule has 62 heavy (non-hydrogen) atoms. The van der Waals surface area contributed by atoms with Gasteiger partial charge in [-0.2, -0.15) is 0 Å². The van der Waals surface area contributed by atoms with Crippen LogP contribution in [0, 0.1) is 0 Å². The molecule has 1 aliphatic heterocycles. The lowest BCUT2D eigenvalue weighted by atomic mass is 9.89. The third kappa shape index (κ3) is 6.07. The number of aromatic nitrogens is 3. The maximum atomic E-state index is 4.97. The van der Waals surface area contributed by atoms with Crippen LogP contribution in [0.4, 0.5) is 11.4 Å². The van der Waals surface area contributed by atoms with Gasteiger partial charge in [0.05, 0.1) is 17.1 Å². The van der Waals surface area contributed by atoms with Gasteiger partial charge in [-0.3, -0.25) is 4.57 Å². The molecule has 0 amide bonds. The molecule has 1 aliphatic carbocycles. The Morgan fingerprint density at radius 1 is 0.387 bits per heavy atom. The molecular weight excluding hydrogens is 753 g/mol. The van der Waals surface area contributed by atoms with Crippen LogP contribution < -0.4 is 4.90 Å². The number of rotatable bonds is 7. The van der Waals surface area contributed by atoms with Crippen LogP contribution in [-0.4, -0.2) is 20.6 Å². The van der Waals surface area contributed by atoms with Crippen LogP contribution in [0.1, 0.15) is 11.5 Å². The first kappa shape index (κ1) is 35.8. The van der Waals surface area contributed by atoms with Gasteiger partial charge in [-0.1, -0.05) is 176 Å². The summed E-state index contributed by atoms with van der Waals surface area (Å²) in [6.07, 6.45) is 12.9. The average Bonchev–Trinajstić information content (AvgIpc) is 3.87. The molecule has 2 aliphatic rings. The molecular formula is C58H40N4. The Kier molecular flexibility index (Phi) is 8.60. The lowest BCUT2D eigenvalue weighted by Gasteiger charge is -2.28. The monoisotopic (exact) mass is 792 g/mol. The predicted octanol–water partition coefficient (Wildman–Crippen LogP) is 14.6. The van der Waals surface area contributed by atoms with E-state index in [9.17, 15) is 0 Å². The number of hydrogen-bond donors (Lipinski definition) is 0. The SMILES string of the molecule is C1=CC2c3cc(-c4ccc5c(c4)c4ccccc4n5-c4ncc(-c5ccc(-c6ccc(-c7ccccc7-c7ccccc7)cc6)cc5)cn4)ccc3N(c3ccccc3)C2C=C1. The van der Waals surface area contributed by atoms with Crippen molar-refractivity contribution in [2.45, 2.75) is 12.0 Å². The summed E-state index contributed by atoms with van der Waals surface area (Å²) < 4.78 is 2.19. The van der Waals surface area contributed by atoms with E-state index >= 15 is 0 Å². The first-order chi connectivity index (χ1) is 30.7. The second kappa shape index (κ2) is 14.9. The molecule has 0 N–H and O–H groups in total. The van der Waals surface area contributed by atoms with Gasteiger partial charge in [-0.15, -0.1) is 0 Å². The van der Waals surface area contributed by atoms with E-state index in [-0.39, 0.29) is 6.04 Å². The summed E-state index contributed by atoms with van der Waals surface area (Å²) in [5, 5.41) is 2.36. The lowest BCUT2D eigenvalue weighted by Crippen LogP contribution is -2.28. The number of allylic oxidation sites excluding steroid dienone is 2. The van der Waals surface area contributed by atoms with Crippen molar-refractivity contribution in [2.24, 2.45) is 0 Å². The number of nitrogens with zero attached hydrogens (tertiary/aromatic N) is 4. The zero-order chi connectivity index (χ0) is 41.0. The van der Waals surface area contributed by atoms with E-state index in [2.05, 4.69) is 228 Å². The molecule has 0 radical (unpaired) electrons. The van der Waals surface area contributed by atoms with Crippen molar-refractivity contribution < 1.29 is 0 Å². The largest absolute Gasteiger partial charge is 0.333 e. The summed E-state index contributed by atoms with van der Waals surface area (Å²) in [7, 11) is 0. The van der Waals surface area contributed by atoms with E-state index in [1.165, 1.54) is 72.2 Å². The molecule has 0 bridgehead atoms. The van der Waals surface area contributed by atoms with Crippen LogP contribution >= 0.6 is 0 Å². The Morgan fingerprint density at radius 3 is 1.65 bits per heavy atom. The van der Waals surface area contributed by atoms with Crippen molar-refractivity contribution in [2.75, 3.05) is 4.90 Å². The average molecular weight is 793 g/mol. The fourth-order valence-electron chi connectivity index (χ4n) is 9.67. The summed E-state index contributed by atoms with van der Waals surface area (Å²) in [5.74, 6) is 0.950. The van der Waals surface area contributed by atoms with Crippen LogP contribution in [0.25, 0.3) is 83.4 Å². The molecule has 4 nitrogen and oxygen atoms in total. The molecule has 0 saturated carbocycles. The second-order valence-electron chi connectivity index (χ2n) is 16.2. The van der Waals surface area contributed by atoms with Crippen LogP contribution in [0.5, 0.6) is 0 Å². The van der Waals surface area contributed by atoms with Crippen LogP contribution in [-0.2, 0) is 0 Å². The van der Waals surface area contributed by atoms with E-state index in [1.54, 1.807) is 0 Å². The highest BCUT2D eigenvalue weighted by atomic mass is 15.2. The van der Waals surface area contributed by atoms with Gasteiger partial charge < -0.3 is 4.90 Å². The van der Waals surface area contributed by atoms with E-state index < -0.39 is 0 Å². The lowest BCUT2D eigenvalue weighted by molar-refractivity contribution is 0.745. The fraction of sp³-hybridized carbons (Fsp3) is 0.0345. The third-order valence-corrected chi connectivity index (χ3v) is 12.7. The Labute approximate surface area is 361 Å². The van der Waals surface area contributed by atoms with Crippen molar-refractivity contribution in [3.63, 3.8) is 0 Å². The molecule has 3 heterocycles. The Bertz CT molecular complexity index is 3330. The van der Waals surface area contributed by atoms with Gasteiger partial charge >= 0.3 is 0 Å². The molecule has 0 fully saturated rings. The number of para-hydroxylation sites is 2. The zero-order valence-electron chi connectivity index (χ0n) is 33.9. The molecule has 4 heteroatoms. The standard InChI is InChI=1S/C58H40N4/c1-3-13-42(14-4-1)48-17-7-8-18-49(48)43-29-27-40(28-30-43)39-23-25-41(26-24-39)46-37-59-58(60-38-46)62-55-22-12-10-20-51(55)53-36-45(32-34-57(53)62)44-31-33-56-52(35-44)50-19-9-11-21-54(50)61(56)47-15-5-2-6-16-47/h1-38,50,54H. The molecule has 2 atom stereocenters. The van der Waals surface area contributed by atoms with Crippen LogP contribution in [0.2, 0.25) is 0 Å². The summed E-state index contributed by atoms with van der Waals surface area (Å²) >= 11 is 0. The Morgan fingerprint density at radius 2 is 0.919 bits per heavy atom. The van der Waals surface area contributed by atoms with E-state index in [4.69, 9.17) is 9.97 Å². The topological polar surface area (TPSA) is 34.0 Å². The minimum atomic E-state index is 0.261. The van der Waals surface area contributed by atoms with Gasteiger partial charge in [-0.25, -0.2) is 9.97 Å². The number of anilines is 2. The molecule has 10 aromatic rings. The molecule has 2 unspecified atom stereocenters. The van der Waals surface area contributed by atoms with Crippen LogP contribution in [0.3, 0.4) is 0 Å². The quantitative estimate of drug-likeness (QED) is 0.161.